The van der Waals surface area contributed by atoms with Crippen molar-refractivity contribution in [2.75, 3.05) is 0 Å². The molecule has 0 spiro atoms. The van der Waals surface area contributed by atoms with Crippen LogP contribution in [0.2, 0.25) is 0 Å². The minimum absolute atomic E-state index is 0.240. The molecule has 0 aromatic carbocycles. The molecule has 1 aliphatic carbocycles. The topological polar surface area (TPSA) is 38.0 Å². The monoisotopic (exact) mass is 356 g/mol. The molecule has 1 aliphatic rings. The summed E-state index contributed by atoms with van der Waals surface area (Å²) in [7, 11) is 0. The van der Waals surface area contributed by atoms with E-state index in [1.54, 1.807) is 0 Å². The average molecular weight is 357 g/mol. The van der Waals surface area contributed by atoms with Crippen molar-refractivity contribution in [1.82, 2.24) is 9.78 Å². The van der Waals surface area contributed by atoms with Crippen molar-refractivity contribution in [3.63, 3.8) is 0 Å². The zero-order valence-electron chi connectivity index (χ0n) is 13.4. The predicted molar refractivity (Wildman–Crippen MR) is 90.5 cm³/mol. The van der Waals surface area contributed by atoms with Gasteiger partial charge in [-0.05, 0) is 41.6 Å². The number of aliphatic hydroxyl groups excluding tert-OH is 1. The van der Waals surface area contributed by atoms with Gasteiger partial charge in [-0.1, -0.05) is 45.4 Å². The van der Waals surface area contributed by atoms with Gasteiger partial charge < -0.3 is 5.11 Å². The second-order valence-corrected chi connectivity index (χ2v) is 7.12. The summed E-state index contributed by atoms with van der Waals surface area (Å²) in [4.78, 5) is 0. The second kappa shape index (κ2) is 8.33. The van der Waals surface area contributed by atoms with Crippen molar-refractivity contribution in [3.8, 4) is 0 Å². The molecule has 1 aromatic rings. The van der Waals surface area contributed by atoms with E-state index in [9.17, 15) is 5.11 Å². The first kappa shape index (κ1) is 17.0. The van der Waals surface area contributed by atoms with Gasteiger partial charge in [-0.3, -0.25) is 4.68 Å². The Morgan fingerprint density at radius 3 is 2.48 bits per heavy atom. The van der Waals surface area contributed by atoms with Gasteiger partial charge in [-0.15, -0.1) is 0 Å². The molecule has 1 atom stereocenters. The number of aliphatic hydroxyl groups is 1. The molecule has 120 valence electrons. The van der Waals surface area contributed by atoms with E-state index in [-0.39, 0.29) is 6.10 Å². The van der Waals surface area contributed by atoms with Gasteiger partial charge in [0.2, 0.25) is 0 Å². The van der Waals surface area contributed by atoms with Crippen molar-refractivity contribution < 1.29 is 5.11 Å². The third kappa shape index (κ3) is 4.56. The average Bonchev–Trinajstić information content (AvgIpc) is 2.66. The lowest BCUT2D eigenvalue weighted by molar-refractivity contribution is 0.135. The molecule has 0 radical (unpaired) electrons. The molecule has 0 saturated heterocycles. The van der Waals surface area contributed by atoms with Gasteiger partial charge in [0.15, 0.2) is 0 Å². The highest BCUT2D eigenvalue weighted by atomic mass is 79.9. The molecular weight excluding hydrogens is 328 g/mol. The maximum absolute atomic E-state index is 10.5. The molecule has 1 fully saturated rings. The lowest BCUT2D eigenvalue weighted by atomic mass is 9.92. The van der Waals surface area contributed by atoms with Crippen LogP contribution in [-0.4, -0.2) is 21.0 Å². The lowest BCUT2D eigenvalue weighted by Crippen LogP contribution is -2.18. The number of nitrogens with zero attached hydrogens (tertiary/aromatic N) is 2. The van der Waals surface area contributed by atoms with Gasteiger partial charge in [-0.25, -0.2) is 0 Å². The fourth-order valence-corrected chi connectivity index (χ4v) is 4.23. The standard InChI is InChI=1S/C17H29BrN2O/c1-3-15-17(18)16(20(4-2)19-15)12-14(21)11-13-9-7-5-6-8-10-13/h13-14,21H,3-12H2,1-2H3. The van der Waals surface area contributed by atoms with Crippen molar-refractivity contribution in [2.24, 2.45) is 5.92 Å². The highest BCUT2D eigenvalue weighted by molar-refractivity contribution is 9.10. The largest absolute Gasteiger partial charge is 0.393 e. The van der Waals surface area contributed by atoms with E-state index >= 15 is 0 Å². The van der Waals surface area contributed by atoms with E-state index in [0.717, 1.165) is 41.7 Å². The first-order chi connectivity index (χ1) is 10.2. The molecule has 1 heterocycles. The summed E-state index contributed by atoms with van der Waals surface area (Å²) in [5.41, 5.74) is 2.27. The van der Waals surface area contributed by atoms with Crippen LogP contribution in [-0.2, 0) is 19.4 Å². The summed E-state index contributed by atoms with van der Waals surface area (Å²) in [6.07, 6.45) is 10.4. The van der Waals surface area contributed by atoms with Crippen molar-refractivity contribution in [3.05, 3.63) is 15.9 Å². The molecule has 21 heavy (non-hydrogen) atoms. The summed E-state index contributed by atoms with van der Waals surface area (Å²) >= 11 is 3.67. The van der Waals surface area contributed by atoms with E-state index in [0.29, 0.717) is 5.92 Å². The normalized spacial score (nSPS) is 18.7. The summed E-state index contributed by atoms with van der Waals surface area (Å²) in [6, 6.07) is 0. The summed E-state index contributed by atoms with van der Waals surface area (Å²) < 4.78 is 3.14. The number of aryl methyl sites for hydroxylation is 2. The highest BCUT2D eigenvalue weighted by Crippen LogP contribution is 2.29. The predicted octanol–water partition coefficient (Wildman–Crippen LogP) is 4.49. The summed E-state index contributed by atoms with van der Waals surface area (Å²) in [5.74, 6) is 0.713. The van der Waals surface area contributed by atoms with Crippen LogP contribution in [0.3, 0.4) is 0 Å². The molecule has 4 heteroatoms. The van der Waals surface area contributed by atoms with Crippen LogP contribution < -0.4 is 0 Å². The zero-order valence-corrected chi connectivity index (χ0v) is 15.0. The fraction of sp³-hybridized carbons (Fsp3) is 0.824. The quantitative estimate of drug-likeness (QED) is 0.762. The van der Waals surface area contributed by atoms with Crippen molar-refractivity contribution in [2.45, 2.75) is 84.3 Å². The molecule has 0 aliphatic heterocycles. The van der Waals surface area contributed by atoms with Gasteiger partial charge >= 0.3 is 0 Å². The van der Waals surface area contributed by atoms with Crippen molar-refractivity contribution in [1.29, 1.82) is 0 Å². The van der Waals surface area contributed by atoms with E-state index in [4.69, 9.17) is 0 Å². The number of rotatable bonds is 6. The van der Waals surface area contributed by atoms with Gasteiger partial charge in [0, 0.05) is 13.0 Å². The fourth-order valence-electron chi connectivity index (χ4n) is 3.50. The number of hydrogen-bond acceptors (Lipinski definition) is 2. The zero-order chi connectivity index (χ0) is 15.2. The molecule has 1 unspecified atom stereocenters. The van der Waals surface area contributed by atoms with Gasteiger partial charge in [0.1, 0.15) is 0 Å². The van der Waals surface area contributed by atoms with Crippen LogP contribution in [0.15, 0.2) is 4.47 Å². The minimum atomic E-state index is -0.240. The first-order valence-electron chi connectivity index (χ1n) is 8.57. The molecule has 1 N–H and O–H groups in total. The van der Waals surface area contributed by atoms with Crippen molar-refractivity contribution >= 4 is 15.9 Å². The smallest absolute Gasteiger partial charge is 0.0766 e. The first-order valence-corrected chi connectivity index (χ1v) is 9.37. The van der Waals surface area contributed by atoms with Crippen LogP contribution in [0.5, 0.6) is 0 Å². The lowest BCUT2D eigenvalue weighted by Gasteiger charge is -2.19. The molecule has 2 rings (SSSR count). The molecule has 1 aromatic heterocycles. The third-order valence-electron chi connectivity index (χ3n) is 4.70. The number of hydrogen-bond donors (Lipinski definition) is 1. The second-order valence-electron chi connectivity index (χ2n) is 6.33. The Morgan fingerprint density at radius 1 is 1.24 bits per heavy atom. The van der Waals surface area contributed by atoms with E-state index < -0.39 is 0 Å². The maximum atomic E-state index is 10.5. The van der Waals surface area contributed by atoms with E-state index in [1.165, 1.54) is 38.5 Å². The minimum Gasteiger partial charge on any atom is -0.393 e. The summed E-state index contributed by atoms with van der Waals surface area (Å²) in [5, 5.41) is 15.1. The summed E-state index contributed by atoms with van der Waals surface area (Å²) in [6.45, 7) is 5.10. The molecular formula is C17H29BrN2O. The molecule has 0 bridgehead atoms. The van der Waals surface area contributed by atoms with Gasteiger partial charge in [0.25, 0.3) is 0 Å². The maximum Gasteiger partial charge on any atom is 0.0766 e. The van der Waals surface area contributed by atoms with Gasteiger partial charge in [-0.2, -0.15) is 5.10 Å². The van der Waals surface area contributed by atoms with Crippen LogP contribution in [0, 0.1) is 5.92 Å². The Hall–Kier alpha value is -0.350. The molecule has 3 nitrogen and oxygen atoms in total. The number of aromatic nitrogens is 2. The Balaban J connectivity index is 1.98. The van der Waals surface area contributed by atoms with Gasteiger partial charge in [0.05, 0.1) is 22.0 Å². The Bertz CT molecular complexity index is 436. The third-order valence-corrected chi connectivity index (χ3v) is 5.62. The van der Waals surface area contributed by atoms with E-state index in [1.807, 2.05) is 4.68 Å². The number of halogens is 1. The van der Waals surface area contributed by atoms with Crippen LogP contribution in [0.1, 0.15) is 70.2 Å². The van der Waals surface area contributed by atoms with Crippen LogP contribution in [0.4, 0.5) is 0 Å². The molecule has 1 saturated carbocycles. The van der Waals surface area contributed by atoms with Crippen LogP contribution >= 0.6 is 15.9 Å². The SMILES string of the molecule is CCc1nn(CC)c(CC(O)CC2CCCCCC2)c1Br. The Kier molecular flexibility index (Phi) is 6.74. The highest BCUT2D eigenvalue weighted by Gasteiger charge is 2.21. The Labute approximate surface area is 137 Å². The van der Waals surface area contributed by atoms with Crippen LogP contribution in [0.25, 0.3) is 0 Å². The Morgan fingerprint density at radius 2 is 1.90 bits per heavy atom. The van der Waals surface area contributed by atoms with E-state index in [2.05, 4.69) is 34.9 Å². The molecule has 0 amide bonds.